The van der Waals surface area contributed by atoms with Crippen LogP contribution < -0.4 is 5.11 Å². The largest absolute Gasteiger partial charge is 0.549 e. The van der Waals surface area contributed by atoms with Crippen molar-refractivity contribution in [3.8, 4) is 0 Å². The number of aliphatic carboxylic acids is 1. The van der Waals surface area contributed by atoms with Crippen LogP contribution in [0, 0.1) is 18.2 Å². The number of carboxylic acid groups (broad SMARTS) is 1. The molecule has 0 saturated heterocycles. The summed E-state index contributed by atoms with van der Waals surface area (Å²) in [5, 5.41) is 9.25. The molecule has 0 aromatic heterocycles. The first kappa shape index (κ1) is 25.0. The van der Waals surface area contributed by atoms with Gasteiger partial charge in [0.1, 0.15) is 0 Å². The third kappa shape index (κ3) is 23.1. The molecule has 24 heavy (non-hydrogen) atoms. The molecule has 3 rings (SSSR count). The zero-order chi connectivity index (χ0) is 17.0. The SMILES string of the molecule is O=C([O-])CI.[Pb].[c]1ccccc1.[c]1ccccc1.[c]1ccccc1. The fourth-order valence-electron chi connectivity index (χ4n) is 1.03. The van der Waals surface area contributed by atoms with Crippen LogP contribution in [0.25, 0.3) is 0 Å². The van der Waals surface area contributed by atoms with E-state index in [0.717, 1.165) is 0 Å². The van der Waals surface area contributed by atoms with Crippen molar-refractivity contribution in [2.24, 2.45) is 0 Å². The summed E-state index contributed by atoms with van der Waals surface area (Å²) in [6.45, 7) is 0. The van der Waals surface area contributed by atoms with Gasteiger partial charge in [-0.25, -0.2) is 0 Å². The van der Waals surface area contributed by atoms with Gasteiger partial charge in [-0.05, 0) is 18.2 Å². The van der Waals surface area contributed by atoms with Crippen LogP contribution in [0.5, 0.6) is 0 Å². The van der Waals surface area contributed by atoms with Crippen LogP contribution in [0.4, 0.5) is 0 Å². The van der Waals surface area contributed by atoms with E-state index in [4.69, 9.17) is 0 Å². The van der Waals surface area contributed by atoms with Gasteiger partial charge in [-0.2, -0.15) is 0 Å². The van der Waals surface area contributed by atoms with E-state index in [0.29, 0.717) is 0 Å². The van der Waals surface area contributed by atoms with Gasteiger partial charge in [-0.1, -0.05) is 114 Å². The third-order valence-corrected chi connectivity index (χ3v) is 2.55. The molecule has 0 aliphatic carbocycles. The number of carbonyl (C=O) groups excluding carboxylic acids is 1. The van der Waals surface area contributed by atoms with E-state index >= 15 is 0 Å². The summed E-state index contributed by atoms with van der Waals surface area (Å²) >= 11 is 1.72. The zero-order valence-electron chi connectivity index (χ0n) is 13.1. The van der Waals surface area contributed by atoms with Gasteiger partial charge in [0.15, 0.2) is 0 Å². The molecule has 3 aromatic rings. The number of carboxylic acids is 1. The maximum Gasteiger partial charge on any atom is 0.0511 e. The predicted molar refractivity (Wildman–Crippen MR) is 105 cm³/mol. The molecule has 0 aliphatic heterocycles. The zero-order valence-corrected chi connectivity index (χ0v) is 19.1. The molecule has 0 saturated carbocycles. The van der Waals surface area contributed by atoms with Crippen LogP contribution in [-0.2, 0) is 4.79 Å². The molecule has 0 amide bonds. The van der Waals surface area contributed by atoms with Crippen molar-refractivity contribution in [1.82, 2.24) is 0 Å². The summed E-state index contributed by atoms with van der Waals surface area (Å²) in [6.07, 6.45) is 0. The first-order chi connectivity index (χ1) is 11.3. The number of hydrogen-bond donors (Lipinski definition) is 0. The Labute approximate surface area is 178 Å². The van der Waals surface area contributed by atoms with E-state index in [1.165, 1.54) is 0 Å². The molecule has 0 spiro atoms. The molecule has 0 aliphatic rings. The van der Waals surface area contributed by atoms with Gasteiger partial charge < -0.3 is 9.90 Å². The van der Waals surface area contributed by atoms with E-state index in [9.17, 15) is 9.90 Å². The second-order valence-corrected chi connectivity index (χ2v) is 4.50. The summed E-state index contributed by atoms with van der Waals surface area (Å²) < 4.78 is 0.0811. The topological polar surface area (TPSA) is 40.1 Å². The minimum absolute atomic E-state index is 0. The van der Waals surface area contributed by atoms with Crippen molar-refractivity contribution in [3.05, 3.63) is 109 Å². The Kier molecular flexibility index (Phi) is 22.7. The number of hydrogen-bond acceptors (Lipinski definition) is 2. The molecule has 121 valence electrons. The molecule has 0 atom stereocenters. The smallest absolute Gasteiger partial charge is 0.0511 e. The Balaban J connectivity index is 0. The summed E-state index contributed by atoms with van der Waals surface area (Å²) in [5.41, 5.74) is 0. The van der Waals surface area contributed by atoms with Crippen LogP contribution in [-0.4, -0.2) is 37.7 Å². The Hall–Kier alpha value is -1.22. The van der Waals surface area contributed by atoms with Crippen LogP contribution in [0.3, 0.4) is 0 Å². The van der Waals surface area contributed by atoms with Gasteiger partial charge in [0.2, 0.25) is 0 Å². The van der Waals surface area contributed by atoms with Crippen molar-refractivity contribution >= 4 is 55.9 Å². The van der Waals surface area contributed by atoms with Crippen LogP contribution in [0.1, 0.15) is 0 Å². The maximum absolute atomic E-state index is 9.25. The number of alkyl halides is 1. The Morgan fingerprint density at radius 3 is 0.917 bits per heavy atom. The molecule has 0 bridgehead atoms. The summed E-state index contributed by atoms with van der Waals surface area (Å²) in [4.78, 5) is 9.25. The minimum atomic E-state index is -1.01. The second-order valence-electron chi connectivity index (χ2n) is 3.74. The molecule has 7 radical (unpaired) electrons. The molecule has 2 nitrogen and oxygen atoms in total. The van der Waals surface area contributed by atoms with Crippen molar-refractivity contribution < 1.29 is 9.90 Å². The second kappa shape index (κ2) is 21.8. The molecular formula is C20H17IO2Pb-. The normalized spacial score (nSPS) is 7.54. The van der Waals surface area contributed by atoms with Crippen molar-refractivity contribution in [3.63, 3.8) is 0 Å². The van der Waals surface area contributed by atoms with Gasteiger partial charge >= 0.3 is 0 Å². The average Bonchev–Trinajstić information content (AvgIpc) is 2.67. The number of benzene rings is 3. The van der Waals surface area contributed by atoms with Gasteiger partial charge in [0.25, 0.3) is 0 Å². The van der Waals surface area contributed by atoms with Gasteiger partial charge in [-0.3, -0.25) is 0 Å². The maximum atomic E-state index is 9.25. The van der Waals surface area contributed by atoms with E-state index in [1.807, 2.05) is 91.0 Å². The fourth-order valence-corrected chi connectivity index (χ4v) is 1.03. The van der Waals surface area contributed by atoms with Crippen LogP contribution >= 0.6 is 22.6 Å². The fraction of sp³-hybridized carbons (Fsp3) is 0.0500. The van der Waals surface area contributed by atoms with Crippen molar-refractivity contribution in [2.75, 3.05) is 4.43 Å². The minimum Gasteiger partial charge on any atom is -0.549 e. The molecule has 4 heteroatoms. The van der Waals surface area contributed by atoms with Gasteiger partial charge in [-0.15, -0.1) is 0 Å². The Morgan fingerprint density at radius 2 is 0.875 bits per heavy atom. The monoisotopic (exact) mass is 624 g/mol. The molecule has 0 fully saturated rings. The quantitative estimate of drug-likeness (QED) is 0.238. The van der Waals surface area contributed by atoms with E-state index in [2.05, 4.69) is 18.2 Å². The van der Waals surface area contributed by atoms with Gasteiger partial charge in [0, 0.05) is 31.7 Å². The predicted octanol–water partition coefficient (Wildman–Crippen LogP) is 3.25. The van der Waals surface area contributed by atoms with Crippen molar-refractivity contribution in [2.45, 2.75) is 0 Å². The van der Waals surface area contributed by atoms with Gasteiger partial charge in [0.05, 0.1) is 5.97 Å². The molecule has 0 N–H and O–H groups in total. The van der Waals surface area contributed by atoms with Crippen LogP contribution in [0.2, 0.25) is 0 Å². The van der Waals surface area contributed by atoms with E-state index < -0.39 is 5.97 Å². The Bertz CT molecular complexity index is 408. The van der Waals surface area contributed by atoms with E-state index in [1.54, 1.807) is 22.6 Å². The van der Waals surface area contributed by atoms with E-state index in [-0.39, 0.29) is 31.7 Å². The van der Waals surface area contributed by atoms with Crippen LogP contribution in [0.15, 0.2) is 91.0 Å². The molecule has 3 aromatic carbocycles. The summed E-state index contributed by atoms with van der Waals surface area (Å²) in [6, 6.07) is 37.5. The molecular weight excluding hydrogens is 606 g/mol. The number of rotatable bonds is 1. The number of carbonyl (C=O) groups is 1. The Morgan fingerprint density at radius 1 is 0.667 bits per heavy atom. The first-order valence-electron chi connectivity index (χ1n) is 6.76. The molecule has 0 heterocycles. The third-order valence-electron chi connectivity index (χ3n) is 1.93. The molecule has 0 unspecified atom stereocenters. The van der Waals surface area contributed by atoms with Crippen molar-refractivity contribution in [1.29, 1.82) is 0 Å². The summed E-state index contributed by atoms with van der Waals surface area (Å²) in [5.74, 6) is -1.01. The number of halogens is 1. The standard InChI is InChI=1S/3C6H5.C2H3IO2.Pb/c3*1-2-4-6-5-3-1;3-1-2(4)5;/h3*1-5H;1H2,(H,4,5);/p-1. The first-order valence-corrected chi connectivity index (χ1v) is 8.29. The average molecular weight is 623 g/mol. The summed E-state index contributed by atoms with van der Waals surface area (Å²) in [7, 11) is 0.